The van der Waals surface area contributed by atoms with E-state index in [1.54, 1.807) is 0 Å². The van der Waals surface area contributed by atoms with E-state index in [-0.39, 0.29) is 0 Å². The van der Waals surface area contributed by atoms with Crippen LogP contribution in [0.5, 0.6) is 0 Å². The molecule has 108 valence electrons. The Balaban J connectivity index is 1.89. The number of unbranched alkanes of at least 4 members (excludes halogenated alkanes) is 2. The number of fused-ring (bicyclic) bond motifs is 1. The Morgan fingerprint density at radius 3 is 2.45 bits per heavy atom. The van der Waals surface area contributed by atoms with Crippen LogP contribution in [0.15, 0.2) is 36.4 Å². The van der Waals surface area contributed by atoms with Crippen molar-refractivity contribution in [1.29, 1.82) is 0 Å². The molecule has 0 radical (unpaired) electrons. The van der Waals surface area contributed by atoms with Gasteiger partial charge in [0.2, 0.25) is 0 Å². The zero-order valence-electron chi connectivity index (χ0n) is 12.5. The number of benzene rings is 2. The molecule has 0 bridgehead atoms. The van der Waals surface area contributed by atoms with Gasteiger partial charge in [-0.15, -0.1) is 0 Å². The second-order valence-corrected chi connectivity index (χ2v) is 6.08. The van der Waals surface area contributed by atoms with Gasteiger partial charge in [0.25, 0.3) is 0 Å². The van der Waals surface area contributed by atoms with Crippen LogP contribution in [0.25, 0.3) is 10.8 Å². The summed E-state index contributed by atoms with van der Waals surface area (Å²) >= 11 is 6.25. The van der Waals surface area contributed by atoms with Gasteiger partial charge in [0.05, 0.1) is 0 Å². The molecule has 0 fully saturated rings. The van der Waals surface area contributed by atoms with E-state index in [0.29, 0.717) is 6.04 Å². The summed E-state index contributed by atoms with van der Waals surface area (Å²) in [6.45, 7) is 5.51. The maximum absolute atomic E-state index is 6.25. The third-order valence-electron chi connectivity index (χ3n) is 3.64. The van der Waals surface area contributed by atoms with Gasteiger partial charge in [0.15, 0.2) is 0 Å². The van der Waals surface area contributed by atoms with E-state index in [0.717, 1.165) is 18.0 Å². The van der Waals surface area contributed by atoms with Gasteiger partial charge in [-0.05, 0) is 42.8 Å². The summed E-state index contributed by atoms with van der Waals surface area (Å²) in [6, 6.07) is 13.2. The predicted molar refractivity (Wildman–Crippen MR) is 89.7 cm³/mol. The van der Waals surface area contributed by atoms with Crippen molar-refractivity contribution in [3.63, 3.8) is 0 Å². The van der Waals surface area contributed by atoms with Crippen LogP contribution >= 0.6 is 11.6 Å². The van der Waals surface area contributed by atoms with Crippen molar-refractivity contribution in [2.75, 3.05) is 6.54 Å². The fraction of sp³-hybridized carbons (Fsp3) is 0.444. The van der Waals surface area contributed by atoms with E-state index in [1.807, 2.05) is 6.07 Å². The monoisotopic (exact) mass is 289 g/mol. The van der Waals surface area contributed by atoms with E-state index >= 15 is 0 Å². The molecule has 1 nitrogen and oxygen atoms in total. The Hall–Kier alpha value is -1.05. The van der Waals surface area contributed by atoms with Gasteiger partial charge in [0, 0.05) is 16.5 Å². The van der Waals surface area contributed by atoms with Crippen LogP contribution in [0.4, 0.5) is 0 Å². The summed E-state index contributed by atoms with van der Waals surface area (Å²) in [4.78, 5) is 0. The van der Waals surface area contributed by atoms with E-state index in [9.17, 15) is 0 Å². The number of aryl methyl sites for hydroxylation is 1. The molecule has 2 aromatic rings. The molecule has 0 saturated carbocycles. The smallest absolute Gasteiger partial charge is 0.0484 e. The topological polar surface area (TPSA) is 12.0 Å². The standard InChI is InChI=1S/C18H24ClN/c1-14(2)20-13-7-3-4-8-15-11-12-18(19)17-10-6-5-9-16(15)17/h5-6,9-12,14,20H,3-4,7-8,13H2,1-2H3. The number of rotatable bonds is 7. The lowest BCUT2D eigenvalue weighted by Gasteiger charge is -2.09. The van der Waals surface area contributed by atoms with Gasteiger partial charge in [0.1, 0.15) is 0 Å². The lowest BCUT2D eigenvalue weighted by Crippen LogP contribution is -2.23. The lowest BCUT2D eigenvalue weighted by atomic mass is 9.99. The van der Waals surface area contributed by atoms with Crippen molar-refractivity contribution in [1.82, 2.24) is 5.32 Å². The number of halogens is 1. The minimum Gasteiger partial charge on any atom is -0.315 e. The summed E-state index contributed by atoms with van der Waals surface area (Å²) < 4.78 is 0. The highest BCUT2D eigenvalue weighted by molar-refractivity contribution is 6.35. The molecule has 1 N–H and O–H groups in total. The minimum atomic E-state index is 0.593. The van der Waals surface area contributed by atoms with Crippen LogP contribution in [-0.2, 0) is 6.42 Å². The van der Waals surface area contributed by atoms with E-state index in [1.165, 1.54) is 35.6 Å². The summed E-state index contributed by atoms with van der Waals surface area (Å²) in [5, 5.41) is 6.80. The van der Waals surface area contributed by atoms with Crippen LogP contribution in [0, 0.1) is 0 Å². The molecular weight excluding hydrogens is 266 g/mol. The molecule has 2 heteroatoms. The first kappa shape index (κ1) is 15.3. The third kappa shape index (κ3) is 4.22. The fourth-order valence-corrected chi connectivity index (χ4v) is 2.78. The predicted octanol–water partition coefficient (Wildman–Crippen LogP) is 5.20. The number of hydrogen-bond acceptors (Lipinski definition) is 1. The Morgan fingerprint density at radius 2 is 1.70 bits per heavy atom. The van der Waals surface area contributed by atoms with Gasteiger partial charge in [-0.3, -0.25) is 0 Å². The van der Waals surface area contributed by atoms with Gasteiger partial charge in [-0.25, -0.2) is 0 Å². The largest absolute Gasteiger partial charge is 0.315 e. The first-order chi connectivity index (χ1) is 9.68. The lowest BCUT2D eigenvalue weighted by molar-refractivity contribution is 0.549. The third-order valence-corrected chi connectivity index (χ3v) is 3.97. The first-order valence-corrected chi connectivity index (χ1v) is 7.96. The van der Waals surface area contributed by atoms with Crippen LogP contribution in [-0.4, -0.2) is 12.6 Å². The van der Waals surface area contributed by atoms with Crippen molar-refractivity contribution in [3.05, 3.63) is 47.0 Å². The first-order valence-electron chi connectivity index (χ1n) is 7.58. The van der Waals surface area contributed by atoms with E-state index in [4.69, 9.17) is 11.6 Å². The normalized spacial score (nSPS) is 11.4. The molecular formula is C18H24ClN. The molecule has 0 atom stereocenters. The highest BCUT2D eigenvalue weighted by atomic mass is 35.5. The molecule has 0 aliphatic heterocycles. The zero-order valence-corrected chi connectivity index (χ0v) is 13.2. The molecule has 0 heterocycles. The molecule has 0 aliphatic carbocycles. The summed E-state index contributed by atoms with van der Waals surface area (Å²) in [7, 11) is 0. The van der Waals surface area contributed by atoms with Gasteiger partial charge >= 0.3 is 0 Å². The summed E-state index contributed by atoms with van der Waals surface area (Å²) in [5.74, 6) is 0. The maximum atomic E-state index is 6.25. The average molecular weight is 290 g/mol. The fourth-order valence-electron chi connectivity index (χ4n) is 2.55. The molecule has 2 aromatic carbocycles. The molecule has 0 saturated heterocycles. The maximum Gasteiger partial charge on any atom is 0.0484 e. The van der Waals surface area contributed by atoms with Crippen molar-refractivity contribution in [3.8, 4) is 0 Å². The SMILES string of the molecule is CC(C)NCCCCCc1ccc(Cl)c2ccccc12. The molecule has 20 heavy (non-hydrogen) atoms. The highest BCUT2D eigenvalue weighted by Crippen LogP contribution is 2.27. The second-order valence-electron chi connectivity index (χ2n) is 5.67. The minimum absolute atomic E-state index is 0.593. The zero-order chi connectivity index (χ0) is 14.4. The summed E-state index contributed by atoms with van der Waals surface area (Å²) in [5.41, 5.74) is 1.42. The number of hydrogen-bond donors (Lipinski definition) is 1. The molecule has 0 amide bonds. The van der Waals surface area contributed by atoms with Crippen LogP contribution in [0.1, 0.15) is 38.7 Å². The van der Waals surface area contributed by atoms with E-state index in [2.05, 4.69) is 49.5 Å². The van der Waals surface area contributed by atoms with Crippen molar-refractivity contribution in [2.24, 2.45) is 0 Å². The van der Waals surface area contributed by atoms with Crippen LogP contribution < -0.4 is 5.32 Å². The molecule has 0 aliphatic rings. The van der Waals surface area contributed by atoms with Gasteiger partial charge < -0.3 is 5.32 Å². The Bertz CT molecular complexity index is 548. The average Bonchev–Trinajstić information content (AvgIpc) is 2.45. The highest BCUT2D eigenvalue weighted by Gasteiger charge is 2.04. The number of nitrogens with one attached hydrogen (secondary N) is 1. The van der Waals surface area contributed by atoms with Crippen LogP contribution in [0.2, 0.25) is 5.02 Å². The van der Waals surface area contributed by atoms with Gasteiger partial charge in [-0.1, -0.05) is 62.2 Å². The van der Waals surface area contributed by atoms with Crippen molar-refractivity contribution in [2.45, 2.75) is 45.6 Å². The quantitative estimate of drug-likeness (QED) is 0.691. The summed E-state index contributed by atoms with van der Waals surface area (Å²) in [6.07, 6.45) is 4.91. The van der Waals surface area contributed by atoms with E-state index < -0.39 is 0 Å². The van der Waals surface area contributed by atoms with Crippen LogP contribution in [0.3, 0.4) is 0 Å². The Kier molecular flexibility index (Phi) is 5.87. The Morgan fingerprint density at radius 1 is 0.950 bits per heavy atom. The second kappa shape index (κ2) is 7.66. The molecule has 0 aromatic heterocycles. The van der Waals surface area contributed by atoms with Crippen molar-refractivity contribution < 1.29 is 0 Å². The molecule has 0 unspecified atom stereocenters. The molecule has 2 rings (SSSR count). The van der Waals surface area contributed by atoms with Gasteiger partial charge in [-0.2, -0.15) is 0 Å². The molecule has 0 spiro atoms. The Labute approximate surface area is 127 Å². The van der Waals surface area contributed by atoms with Crippen molar-refractivity contribution >= 4 is 22.4 Å².